The Morgan fingerprint density at radius 2 is 1.95 bits per heavy atom. The van der Waals surface area contributed by atoms with Crippen LogP contribution >= 0.6 is 0 Å². The van der Waals surface area contributed by atoms with Gasteiger partial charge in [-0.1, -0.05) is 24.0 Å². The van der Waals surface area contributed by atoms with Gasteiger partial charge in [0.25, 0.3) is 0 Å². The van der Waals surface area contributed by atoms with Crippen molar-refractivity contribution in [3.8, 4) is 11.8 Å². The Labute approximate surface area is 115 Å². The van der Waals surface area contributed by atoms with Crippen LogP contribution in [-0.4, -0.2) is 37.7 Å². The molecule has 0 unspecified atom stereocenters. The van der Waals surface area contributed by atoms with Crippen LogP contribution < -0.4 is 5.73 Å². The lowest BCUT2D eigenvalue weighted by molar-refractivity contribution is 0.0407. The van der Waals surface area contributed by atoms with Crippen molar-refractivity contribution < 1.29 is 4.74 Å². The lowest BCUT2D eigenvalue weighted by Crippen LogP contribution is -2.36. The van der Waals surface area contributed by atoms with Crippen molar-refractivity contribution in [2.75, 3.05) is 26.8 Å². The maximum Gasteiger partial charge on any atom is 0.0555 e. The zero-order valence-electron chi connectivity index (χ0n) is 11.6. The zero-order valence-corrected chi connectivity index (χ0v) is 11.6. The van der Waals surface area contributed by atoms with Crippen LogP contribution in [0.15, 0.2) is 24.3 Å². The Hall–Kier alpha value is -1.34. The highest BCUT2D eigenvalue weighted by Gasteiger charge is 2.18. The third kappa shape index (κ3) is 4.36. The first kappa shape index (κ1) is 14.1. The molecule has 0 bridgehead atoms. The van der Waals surface area contributed by atoms with E-state index < -0.39 is 0 Å². The number of ether oxygens (including phenoxy) is 1. The van der Waals surface area contributed by atoms with E-state index in [1.54, 1.807) is 0 Å². The Bertz CT molecular complexity index is 438. The highest BCUT2D eigenvalue weighted by Crippen LogP contribution is 2.15. The number of nitrogens with zero attached hydrogens (tertiary/aromatic N) is 1. The quantitative estimate of drug-likeness (QED) is 0.837. The molecule has 2 rings (SSSR count). The van der Waals surface area contributed by atoms with E-state index in [1.807, 2.05) is 0 Å². The fourth-order valence-electron chi connectivity index (χ4n) is 2.39. The van der Waals surface area contributed by atoms with Gasteiger partial charge in [-0.2, -0.15) is 0 Å². The Kier molecular flexibility index (Phi) is 5.41. The molecule has 0 atom stereocenters. The molecule has 19 heavy (non-hydrogen) atoms. The normalized spacial score (nSPS) is 16.2. The van der Waals surface area contributed by atoms with Crippen molar-refractivity contribution in [1.29, 1.82) is 0 Å². The van der Waals surface area contributed by atoms with Gasteiger partial charge in [0.05, 0.1) is 6.54 Å². The SMILES string of the molecule is CN(Cc1ccc(C#CCN)cc1)C1CCOCC1. The van der Waals surface area contributed by atoms with E-state index in [1.165, 1.54) is 5.56 Å². The molecule has 0 amide bonds. The summed E-state index contributed by atoms with van der Waals surface area (Å²) in [5.74, 6) is 5.91. The summed E-state index contributed by atoms with van der Waals surface area (Å²) in [4.78, 5) is 2.42. The van der Waals surface area contributed by atoms with E-state index in [-0.39, 0.29) is 0 Å². The molecule has 1 aliphatic heterocycles. The average Bonchev–Trinajstić information content (AvgIpc) is 2.47. The first-order chi connectivity index (χ1) is 9.29. The monoisotopic (exact) mass is 258 g/mol. The first-order valence-electron chi connectivity index (χ1n) is 6.85. The second-order valence-corrected chi connectivity index (χ2v) is 4.96. The number of hydrogen-bond acceptors (Lipinski definition) is 3. The third-order valence-electron chi connectivity index (χ3n) is 3.53. The van der Waals surface area contributed by atoms with E-state index >= 15 is 0 Å². The topological polar surface area (TPSA) is 38.5 Å². The van der Waals surface area contributed by atoms with Gasteiger partial charge < -0.3 is 10.5 Å². The van der Waals surface area contributed by atoms with Crippen molar-refractivity contribution in [2.24, 2.45) is 5.73 Å². The molecular formula is C16H22N2O. The largest absolute Gasteiger partial charge is 0.381 e. The van der Waals surface area contributed by atoms with Crippen molar-refractivity contribution in [2.45, 2.75) is 25.4 Å². The van der Waals surface area contributed by atoms with Gasteiger partial charge in [-0.05, 0) is 37.6 Å². The summed E-state index contributed by atoms with van der Waals surface area (Å²) in [6, 6.07) is 9.07. The molecule has 1 fully saturated rings. The van der Waals surface area contributed by atoms with Crippen LogP contribution in [0.25, 0.3) is 0 Å². The average molecular weight is 258 g/mol. The predicted octanol–water partition coefficient (Wildman–Crippen LogP) is 1.61. The molecule has 1 aliphatic rings. The van der Waals surface area contributed by atoms with Crippen molar-refractivity contribution in [3.05, 3.63) is 35.4 Å². The summed E-state index contributed by atoms with van der Waals surface area (Å²) in [5, 5.41) is 0. The van der Waals surface area contributed by atoms with Gasteiger partial charge in [0, 0.05) is 31.4 Å². The summed E-state index contributed by atoms with van der Waals surface area (Å²) in [7, 11) is 2.19. The fraction of sp³-hybridized carbons (Fsp3) is 0.500. The first-order valence-corrected chi connectivity index (χ1v) is 6.85. The minimum Gasteiger partial charge on any atom is -0.381 e. The van der Waals surface area contributed by atoms with Crippen LogP contribution in [0.4, 0.5) is 0 Å². The standard InChI is InChI=1S/C16H22N2O/c1-18(16-8-11-19-12-9-16)13-15-6-4-14(5-7-15)3-2-10-17/h4-7,16H,8-13,17H2,1H3. The molecular weight excluding hydrogens is 236 g/mol. The van der Waals surface area contributed by atoms with Crippen LogP contribution in [-0.2, 0) is 11.3 Å². The number of hydrogen-bond donors (Lipinski definition) is 1. The molecule has 3 heteroatoms. The maximum absolute atomic E-state index is 5.40. The molecule has 0 radical (unpaired) electrons. The van der Waals surface area contributed by atoms with Gasteiger partial charge in [0.2, 0.25) is 0 Å². The maximum atomic E-state index is 5.40. The van der Waals surface area contributed by atoms with Crippen molar-refractivity contribution >= 4 is 0 Å². The van der Waals surface area contributed by atoms with Crippen LogP contribution in [0, 0.1) is 11.8 Å². The molecule has 102 valence electrons. The van der Waals surface area contributed by atoms with Gasteiger partial charge in [0.1, 0.15) is 0 Å². The summed E-state index contributed by atoms with van der Waals surface area (Å²) in [5.41, 5.74) is 7.72. The summed E-state index contributed by atoms with van der Waals surface area (Å²) in [6.07, 6.45) is 2.27. The molecule has 1 aromatic rings. The lowest BCUT2D eigenvalue weighted by Gasteiger charge is -2.31. The van der Waals surface area contributed by atoms with E-state index in [4.69, 9.17) is 10.5 Å². The third-order valence-corrected chi connectivity index (χ3v) is 3.53. The predicted molar refractivity (Wildman–Crippen MR) is 77.7 cm³/mol. The fourth-order valence-corrected chi connectivity index (χ4v) is 2.39. The minimum absolute atomic E-state index is 0.411. The van der Waals surface area contributed by atoms with Crippen molar-refractivity contribution in [1.82, 2.24) is 4.90 Å². The Morgan fingerprint density at radius 3 is 2.58 bits per heavy atom. The van der Waals surface area contributed by atoms with Gasteiger partial charge in [-0.15, -0.1) is 0 Å². The van der Waals surface area contributed by atoms with E-state index in [0.717, 1.165) is 38.2 Å². The molecule has 1 aromatic carbocycles. The van der Waals surface area contributed by atoms with Gasteiger partial charge >= 0.3 is 0 Å². The van der Waals surface area contributed by atoms with Crippen LogP contribution in [0.3, 0.4) is 0 Å². The molecule has 0 aliphatic carbocycles. The van der Waals surface area contributed by atoms with Gasteiger partial charge in [0.15, 0.2) is 0 Å². The number of nitrogens with two attached hydrogens (primary N) is 1. The lowest BCUT2D eigenvalue weighted by atomic mass is 10.1. The van der Waals surface area contributed by atoms with Crippen molar-refractivity contribution in [3.63, 3.8) is 0 Å². The van der Waals surface area contributed by atoms with E-state index in [2.05, 4.69) is 48.1 Å². The van der Waals surface area contributed by atoms with Gasteiger partial charge in [-0.3, -0.25) is 4.90 Å². The zero-order chi connectivity index (χ0) is 13.5. The van der Waals surface area contributed by atoms with Gasteiger partial charge in [-0.25, -0.2) is 0 Å². The summed E-state index contributed by atoms with van der Waals surface area (Å²) >= 11 is 0. The van der Waals surface area contributed by atoms with Crippen LogP contribution in [0.2, 0.25) is 0 Å². The van der Waals surface area contributed by atoms with E-state index in [0.29, 0.717) is 12.6 Å². The Morgan fingerprint density at radius 1 is 1.26 bits per heavy atom. The molecule has 3 nitrogen and oxygen atoms in total. The van der Waals surface area contributed by atoms with Crippen LogP contribution in [0.5, 0.6) is 0 Å². The summed E-state index contributed by atoms with van der Waals surface area (Å²) < 4.78 is 5.40. The molecule has 2 N–H and O–H groups in total. The molecule has 0 spiro atoms. The second-order valence-electron chi connectivity index (χ2n) is 4.96. The molecule has 0 saturated carbocycles. The highest BCUT2D eigenvalue weighted by atomic mass is 16.5. The minimum atomic E-state index is 0.411. The highest BCUT2D eigenvalue weighted by molar-refractivity contribution is 5.36. The number of benzene rings is 1. The Balaban J connectivity index is 1.91. The summed E-state index contributed by atoms with van der Waals surface area (Å²) in [6.45, 7) is 3.18. The molecule has 1 saturated heterocycles. The van der Waals surface area contributed by atoms with Crippen LogP contribution in [0.1, 0.15) is 24.0 Å². The smallest absolute Gasteiger partial charge is 0.0555 e. The molecule has 1 heterocycles. The number of rotatable bonds is 3. The van der Waals surface area contributed by atoms with E-state index in [9.17, 15) is 0 Å². The molecule has 0 aromatic heterocycles. The second kappa shape index (κ2) is 7.30.